The van der Waals surface area contributed by atoms with Crippen LogP contribution in [0.4, 0.5) is 0 Å². The number of nitrogens with one attached hydrogen (secondary N) is 1. The first-order valence-corrected chi connectivity index (χ1v) is 4.94. The first kappa shape index (κ1) is 9.86. The monoisotopic (exact) mass is 202 g/mol. The molecule has 0 atom stereocenters. The summed E-state index contributed by atoms with van der Waals surface area (Å²) in [7, 11) is 1.90. The van der Waals surface area contributed by atoms with Crippen LogP contribution in [0.25, 0.3) is 0 Å². The van der Waals surface area contributed by atoms with Gasteiger partial charge in [-0.1, -0.05) is 30.3 Å². The summed E-state index contributed by atoms with van der Waals surface area (Å²) in [4.78, 5) is 4.14. The van der Waals surface area contributed by atoms with Gasteiger partial charge in [-0.3, -0.25) is 4.68 Å². The smallest absolute Gasteiger partial charge is 0.140 e. The molecule has 4 heteroatoms. The topological polar surface area (TPSA) is 42.7 Å². The fourth-order valence-electron chi connectivity index (χ4n) is 1.39. The van der Waals surface area contributed by atoms with Crippen molar-refractivity contribution in [3.63, 3.8) is 0 Å². The molecule has 2 aromatic rings. The van der Waals surface area contributed by atoms with E-state index in [0.29, 0.717) is 0 Å². The van der Waals surface area contributed by atoms with Gasteiger partial charge in [-0.25, -0.2) is 4.98 Å². The largest absolute Gasteiger partial charge is 0.306 e. The maximum atomic E-state index is 4.14. The Kier molecular flexibility index (Phi) is 3.09. The number of aryl methyl sites for hydroxylation is 1. The van der Waals surface area contributed by atoms with E-state index in [2.05, 4.69) is 27.5 Å². The number of rotatable bonds is 4. The lowest BCUT2D eigenvalue weighted by molar-refractivity contribution is 0.614. The Hall–Kier alpha value is -1.68. The van der Waals surface area contributed by atoms with Crippen LogP contribution in [0.5, 0.6) is 0 Å². The minimum absolute atomic E-state index is 0.741. The number of nitrogens with zero attached hydrogens (tertiary/aromatic N) is 3. The lowest BCUT2D eigenvalue weighted by Crippen LogP contribution is -2.16. The Bertz CT molecular complexity index is 408. The van der Waals surface area contributed by atoms with E-state index in [1.54, 1.807) is 11.0 Å². The second-order valence-corrected chi connectivity index (χ2v) is 3.39. The quantitative estimate of drug-likeness (QED) is 0.807. The Morgan fingerprint density at radius 3 is 2.67 bits per heavy atom. The number of hydrogen-bond donors (Lipinski definition) is 1. The first-order valence-electron chi connectivity index (χ1n) is 4.94. The molecular formula is C11H14N4. The minimum atomic E-state index is 0.741. The van der Waals surface area contributed by atoms with Crippen molar-refractivity contribution in [3.05, 3.63) is 48.0 Å². The minimum Gasteiger partial charge on any atom is -0.306 e. The highest BCUT2D eigenvalue weighted by Crippen LogP contribution is 1.98. The number of aromatic nitrogens is 3. The zero-order valence-electron chi connectivity index (χ0n) is 8.72. The van der Waals surface area contributed by atoms with Gasteiger partial charge in [-0.05, 0) is 5.56 Å². The molecule has 0 saturated carbocycles. The number of hydrogen-bond acceptors (Lipinski definition) is 3. The molecule has 2 rings (SSSR count). The van der Waals surface area contributed by atoms with Gasteiger partial charge in [0.2, 0.25) is 0 Å². The normalized spacial score (nSPS) is 10.5. The van der Waals surface area contributed by atoms with Crippen molar-refractivity contribution in [2.75, 3.05) is 0 Å². The predicted molar refractivity (Wildman–Crippen MR) is 58.0 cm³/mol. The van der Waals surface area contributed by atoms with Gasteiger partial charge in [0.15, 0.2) is 0 Å². The summed E-state index contributed by atoms with van der Waals surface area (Å²) in [5.41, 5.74) is 1.28. The summed E-state index contributed by atoms with van der Waals surface area (Å²) >= 11 is 0. The average Bonchev–Trinajstić information content (AvgIpc) is 2.66. The lowest BCUT2D eigenvalue weighted by Gasteiger charge is -2.03. The molecule has 1 heterocycles. The Morgan fingerprint density at radius 1 is 1.20 bits per heavy atom. The SMILES string of the molecule is Cn1ncnc1CNCc1ccccc1. The van der Waals surface area contributed by atoms with E-state index >= 15 is 0 Å². The van der Waals surface area contributed by atoms with Crippen molar-refractivity contribution < 1.29 is 0 Å². The van der Waals surface area contributed by atoms with E-state index in [4.69, 9.17) is 0 Å². The van der Waals surface area contributed by atoms with Gasteiger partial charge in [-0.2, -0.15) is 5.10 Å². The summed E-state index contributed by atoms with van der Waals surface area (Å²) in [6.45, 7) is 1.60. The first-order chi connectivity index (χ1) is 7.36. The van der Waals surface area contributed by atoms with Crippen molar-refractivity contribution in [1.29, 1.82) is 0 Å². The zero-order chi connectivity index (χ0) is 10.5. The van der Waals surface area contributed by atoms with Crippen LogP contribution < -0.4 is 5.32 Å². The van der Waals surface area contributed by atoms with E-state index in [1.165, 1.54) is 5.56 Å². The van der Waals surface area contributed by atoms with Crippen molar-refractivity contribution in [3.8, 4) is 0 Å². The fraction of sp³-hybridized carbons (Fsp3) is 0.273. The van der Waals surface area contributed by atoms with Gasteiger partial charge in [-0.15, -0.1) is 0 Å². The maximum Gasteiger partial charge on any atom is 0.140 e. The van der Waals surface area contributed by atoms with Crippen LogP contribution in [0, 0.1) is 0 Å². The third-order valence-electron chi connectivity index (χ3n) is 2.26. The van der Waals surface area contributed by atoms with Gasteiger partial charge < -0.3 is 5.32 Å². The summed E-state index contributed by atoms with van der Waals surface area (Å²) in [5.74, 6) is 0.950. The molecular weight excluding hydrogens is 188 g/mol. The highest BCUT2D eigenvalue weighted by molar-refractivity contribution is 5.14. The lowest BCUT2D eigenvalue weighted by atomic mass is 10.2. The summed E-state index contributed by atoms with van der Waals surface area (Å²) in [6.07, 6.45) is 1.57. The van der Waals surface area contributed by atoms with Crippen molar-refractivity contribution in [2.24, 2.45) is 7.05 Å². The molecule has 15 heavy (non-hydrogen) atoms. The molecule has 4 nitrogen and oxygen atoms in total. The van der Waals surface area contributed by atoms with Gasteiger partial charge in [0.05, 0.1) is 6.54 Å². The van der Waals surface area contributed by atoms with Gasteiger partial charge in [0, 0.05) is 13.6 Å². The second-order valence-electron chi connectivity index (χ2n) is 3.39. The van der Waals surface area contributed by atoms with Crippen LogP contribution in [0.1, 0.15) is 11.4 Å². The Balaban J connectivity index is 1.83. The molecule has 0 aliphatic heterocycles. The summed E-state index contributed by atoms with van der Waals surface area (Å²) in [5, 5.41) is 7.33. The van der Waals surface area contributed by atoms with E-state index in [0.717, 1.165) is 18.9 Å². The predicted octanol–water partition coefficient (Wildman–Crippen LogP) is 1.10. The van der Waals surface area contributed by atoms with E-state index in [1.807, 2.05) is 25.2 Å². The van der Waals surface area contributed by atoms with E-state index in [9.17, 15) is 0 Å². The van der Waals surface area contributed by atoms with Crippen molar-refractivity contribution in [1.82, 2.24) is 20.1 Å². The molecule has 0 amide bonds. The van der Waals surface area contributed by atoms with Crippen molar-refractivity contribution in [2.45, 2.75) is 13.1 Å². The zero-order valence-corrected chi connectivity index (χ0v) is 8.72. The molecule has 1 N–H and O–H groups in total. The van der Waals surface area contributed by atoms with Crippen LogP contribution in [-0.4, -0.2) is 14.8 Å². The van der Waals surface area contributed by atoms with Gasteiger partial charge >= 0.3 is 0 Å². The molecule has 0 saturated heterocycles. The third kappa shape index (κ3) is 2.63. The maximum absolute atomic E-state index is 4.14. The highest BCUT2D eigenvalue weighted by Gasteiger charge is 1.98. The molecule has 0 spiro atoms. The molecule has 0 aliphatic rings. The molecule has 0 radical (unpaired) electrons. The molecule has 0 aliphatic carbocycles. The molecule has 0 bridgehead atoms. The van der Waals surface area contributed by atoms with Crippen molar-refractivity contribution >= 4 is 0 Å². The summed E-state index contributed by atoms with van der Waals surface area (Å²) in [6, 6.07) is 10.3. The second kappa shape index (κ2) is 4.70. The highest BCUT2D eigenvalue weighted by atomic mass is 15.3. The molecule has 78 valence electrons. The third-order valence-corrected chi connectivity index (χ3v) is 2.26. The van der Waals surface area contributed by atoms with Gasteiger partial charge in [0.25, 0.3) is 0 Å². The van der Waals surface area contributed by atoms with E-state index < -0.39 is 0 Å². The van der Waals surface area contributed by atoms with Crippen LogP contribution in [0.3, 0.4) is 0 Å². The summed E-state index contributed by atoms with van der Waals surface area (Å²) < 4.78 is 1.78. The molecule has 1 aromatic heterocycles. The van der Waals surface area contributed by atoms with Crippen LogP contribution >= 0.6 is 0 Å². The van der Waals surface area contributed by atoms with Crippen LogP contribution in [0.2, 0.25) is 0 Å². The fourth-order valence-corrected chi connectivity index (χ4v) is 1.39. The molecule has 0 unspecified atom stereocenters. The van der Waals surface area contributed by atoms with E-state index in [-0.39, 0.29) is 0 Å². The number of benzene rings is 1. The van der Waals surface area contributed by atoms with Crippen LogP contribution in [0.15, 0.2) is 36.7 Å². The standard InChI is InChI=1S/C11H14N4/c1-15-11(13-9-14-15)8-12-7-10-5-3-2-4-6-10/h2-6,9,12H,7-8H2,1H3. The molecule has 1 aromatic carbocycles. The average molecular weight is 202 g/mol. The van der Waals surface area contributed by atoms with Crippen LogP contribution in [-0.2, 0) is 20.1 Å². The van der Waals surface area contributed by atoms with Gasteiger partial charge in [0.1, 0.15) is 12.2 Å². The molecule has 0 fully saturated rings. The Morgan fingerprint density at radius 2 is 2.00 bits per heavy atom. The Labute approximate surface area is 89.0 Å².